The molecule has 0 saturated heterocycles. The van der Waals surface area contributed by atoms with Crippen LogP contribution in [0.25, 0.3) is 0 Å². The van der Waals surface area contributed by atoms with E-state index in [4.69, 9.17) is 5.11 Å². The fraction of sp³-hybridized carbons (Fsp3) is 0.375. The highest BCUT2D eigenvalue weighted by Crippen LogP contribution is 2.06. The predicted molar refractivity (Wildman–Crippen MR) is 81.7 cm³/mol. The first-order chi connectivity index (χ1) is 10.1. The van der Waals surface area contributed by atoms with Crippen molar-refractivity contribution in [3.8, 4) is 0 Å². The summed E-state index contributed by atoms with van der Waals surface area (Å²) in [5.41, 5.74) is 1.47. The molecule has 2 amide bonds. The molecule has 1 rings (SSSR count). The van der Waals surface area contributed by atoms with Crippen molar-refractivity contribution in [2.75, 3.05) is 6.61 Å². The summed E-state index contributed by atoms with van der Waals surface area (Å²) in [7, 11) is 0. The molecule has 0 spiro atoms. The molecule has 1 aromatic carbocycles. The maximum atomic E-state index is 12.0. The largest absolute Gasteiger partial charge is 0.396 e. The Kier molecular flexibility index (Phi) is 7.18. The maximum Gasteiger partial charge on any atom is 0.251 e. The lowest BCUT2D eigenvalue weighted by atomic mass is 10.1. The van der Waals surface area contributed by atoms with E-state index in [-0.39, 0.29) is 24.5 Å². The number of carbonyl (C=O) groups is 2. The highest BCUT2D eigenvalue weighted by atomic mass is 16.3. The summed E-state index contributed by atoms with van der Waals surface area (Å²) < 4.78 is 0. The number of amides is 2. The number of hydrogen-bond donors (Lipinski definition) is 3. The fourth-order valence-corrected chi connectivity index (χ4v) is 1.84. The summed E-state index contributed by atoms with van der Waals surface area (Å²) in [5, 5.41) is 14.5. The number of hydrogen-bond acceptors (Lipinski definition) is 3. The normalized spacial score (nSPS) is 11.5. The van der Waals surface area contributed by atoms with Crippen LogP contribution in [0.1, 0.15) is 35.7 Å². The summed E-state index contributed by atoms with van der Waals surface area (Å²) in [6.45, 7) is 5.80. The molecule has 0 heterocycles. The van der Waals surface area contributed by atoms with E-state index in [0.717, 1.165) is 12.0 Å². The summed E-state index contributed by atoms with van der Waals surface area (Å²) in [5.74, 6) is -0.386. The molecular weight excluding hydrogens is 268 g/mol. The molecule has 0 bridgehead atoms. The van der Waals surface area contributed by atoms with Gasteiger partial charge < -0.3 is 15.7 Å². The lowest BCUT2D eigenvalue weighted by Crippen LogP contribution is -2.35. The average Bonchev–Trinajstić information content (AvgIpc) is 2.52. The molecule has 0 fully saturated rings. The van der Waals surface area contributed by atoms with E-state index in [2.05, 4.69) is 17.2 Å². The van der Waals surface area contributed by atoms with Gasteiger partial charge in [0.2, 0.25) is 5.91 Å². The molecule has 1 unspecified atom stereocenters. The van der Waals surface area contributed by atoms with Crippen molar-refractivity contribution in [1.29, 1.82) is 0 Å². The number of aliphatic hydroxyl groups excluding tert-OH is 1. The van der Waals surface area contributed by atoms with Gasteiger partial charge >= 0.3 is 0 Å². The lowest BCUT2D eigenvalue weighted by Gasteiger charge is -2.15. The Morgan fingerprint density at radius 2 is 2.00 bits per heavy atom. The van der Waals surface area contributed by atoms with Crippen LogP contribution in [0.15, 0.2) is 36.9 Å². The lowest BCUT2D eigenvalue weighted by molar-refractivity contribution is -0.116. The van der Waals surface area contributed by atoms with E-state index in [9.17, 15) is 9.59 Å². The molecule has 0 aliphatic heterocycles. The Hall–Kier alpha value is -2.14. The Labute approximate surface area is 125 Å². The van der Waals surface area contributed by atoms with Crippen LogP contribution in [0.2, 0.25) is 0 Å². The van der Waals surface area contributed by atoms with Gasteiger partial charge in [-0.05, 0) is 36.6 Å². The Balaban J connectivity index is 2.58. The molecule has 21 heavy (non-hydrogen) atoms. The van der Waals surface area contributed by atoms with Crippen LogP contribution in [0.5, 0.6) is 0 Å². The zero-order valence-electron chi connectivity index (χ0n) is 12.3. The van der Waals surface area contributed by atoms with Crippen LogP contribution in [0.4, 0.5) is 0 Å². The first-order valence-electron chi connectivity index (χ1n) is 7.01. The molecule has 1 aromatic rings. The van der Waals surface area contributed by atoms with E-state index < -0.39 is 0 Å². The minimum absolute atomic E-state index is 0.0194. The summed E-state index contributed by atoms with van der Waals surface area (Å²) in [4.78, 5) is 23.1. The van der Waals surface area contributed by atoms with Gasteiger partial charge in [0, 0.05) is 24.8 Å². The first-order valence-corrected chi connectivity index (χ1v) is 7.01. The zero-order chi connectivity index (χ0) is 15.7. The third-order valence-corrected chi connectivity index (χ3v) is 3.17. The smallest absolute Gasteiger partial charge is 0.251 e. The third-order valence-electron chi connectivity index (χ3n) is 3.17. The molecule has 0 aliphatic rings. The minimum atomic E-state index is -0.230. The van der Waals surface area contributed by atoms with Crippen LogP contribution in [-0.2, 0) is 11.3 Å². The molecule has 5 nitrogen and oxygen atoms in total. The van der Waals surface area contributed by atoms with E-state index in [0.29, 0.717) is 18.5 Å². The SMILES string of the molecule is C=CC(=O)NCc1ccc(C(=O)NC(CC)CCO)cc1. The summed E-state index contributed by atoms with van der Waals surface area (Å²) >= 11 is 0. The topological polar surface area (TPSA) is 78.4 Å². The van der Waals surface area contributed by atoms with Crippen molar-refractivity contribution < 1.29 is 14.7 Å². The third kappa shape index (κ3) is 5.79. The minimum Gasteiger partial charge on any atom is -0.396 e. The number of carbonyl (C=O) groups excluding carboxylic acids is 2. The second-order valence-electron chi connectivity index (χ2n) is 4.71. The molecule has 114 valence electrons. The summed E-state index contributed by atoms with van der Waals surface area (Å²) in [6, 6.07) is 7.01. The fourth-order valence-electron chi connectivity index (χ4n) is 1.84. The average molecular weight is 290 g/mol. The highest BCUT2D eigenvalue weighted by Gasteiger charge is 2.11. The standard InChI is InChI=1S/C16H22N2O3/c1-3-14(9-10-19)18-16(21)13-7-5-12(6-8-13)11-17-15(20)4-2/h4-8,14,19H,2-3,9-11H2,1H3,(H,17,20)(H,18,21). The number of rotatable bonds is 8. The molecule has 0 aliphatic carbocycles. The zero-order valence-corrected chi connectivity index (χ0v) is 12.3. The Bertz CT molecular complexity index is 483. The van der Waals surface area contributed by atoms with Gasteiger partial charge in [-0.15, -0.1) is 0 Å². The van der Waals surface area contributed by atoms with Gasteiger partial charge in [0.15, 0.2) is 0 Å². The van der Waals surface area contributed by atoms with Crippen LogP contribution in [-0.4, -0.2) is 29.6 Å². The van der Waals surface area contributed by atoms with E-state index in [1.807, 2.05) is 6.92 Å². The first kappa shape index (κ1) is 16.9. The number of nitrogens with one attached hydrogen (secondary N) is 2. The van der Waals surface area contributed by atoms with Gasteiger partial charge in [0.1, 0.15) is 0 Å². The quantitative estimate of drug-likeness (QED) is 0.633. The second kappa shape index (κ2) is 8.92. The van der Waals surface area contributed by atoms with Crippen molar-refractivity contribution in [3.05, 3.63) is 48.0 Å². The van der Waals surface area contributed by atoms with Gasteiger partial charge in [-0.3, -0.25) is 9.59 Å². The van der Waals surface area contributed by atoms with E-state index >= 15 is 0 Å². The van der Waals surface area contributed by atoms with Crippen LogP contribution >= 0.6 is 0 Å². The van der Waals surface area contributed by atoms with E-state index in [1.54, 1.807) is 24.3 Å². The van der Waals surface area contributed by atoms with Crippen molar-refractivity contribution in [1.82, 2.24) is 10.6 Å². The second-order valence-corrected chi connectivity index (χ2v) is 4.71. The van der Waals surface area contributed by atoms with Crippen LogP contribution < -0.4 is 10.6 Å². The Morgan fingerprint density at radius 1 is 1.33 bits per heavy atom. The molecule has 3 N–H and O–H groups in total. The van der Waals surface area contributed by atoms with Crippen molar-refractivity contribution in [3.63, 3.8) is 0 Å². The van der Waals surface area contributed by atoms with Gasteiger partial charge in [-0.1, -0.05) is 25.6 Å². The molecule has 0 aromatic heterocycles. The molecule has 0 radical (unpaired) electrons. The molecule has 1 atom stereocenters. The molecule has 5 heteroatoms. The number of benzene rings is 1. The molecular formula is C16H22N2O3. The van der Waals surface area contributed by atoms with Gasteiger partial charge in [0.25, 0.3) is 5.91 Å². The highest BCUT2D eigenvalue weighted by molar-refractivity contribution is 5.94. The Morgan fingerprint density at radius 3 is 2.52 bits per heavy atom. The van der Waals surface area contributed by atoms with Gasteiger partial charge in [-0.2, -0.15) is 0 Å². The van der Waals surface area contributed by atoms with Crippen molar-refractivity contribution in [2.24, 2.45) is 0 Å². The molecule has 0 saturated carbocycles. The van der Waals surface area contributed by atoms with Crippen molar-refractivity contribution >= 4 is 11.8 Å². The van der Waals surface area contributed by atoms with E-state index in [1.165, 1.54) is 6.08 Å². The van der Waals surface area contributed by atoms with Crippen LogP contribution in [0.3, 0.4) is 0 Å². The van der Waals surface area contributed by atoms with Gasteiger partial charge in [-0.25, -0.2) is 0 Å². The van der Waals surface area contributed by atoms with Crippen LogP contribution in [0, 0.1) is 0 Å². The predicted octanol–water partition coefficient (Wildman–Crippen LogP) is 1.38. The number of aliphatic hydroxyl groups is 1. The summed E-state index contributed by atoms with van der Waals surface area (Å²) in [6.07, 6.45) is 2.54. The van der Waals surface area contributed by atoms with Crippen molar-refractivity contribution in [2.45, 2.75) is 32.4 Å². The monoisotopic (exact) mass is 290 g/mol. The maximum absolute atomic E-state index is 12.0. The van der Waals surface area contributed by atoms with Gasteiger partial charge in [0.05, 0.1) is 0 Å².